The highest BCUT2D eigenvalue weighted by Gasteiger charge is 2.20. The molecular formula is C14H17N5O2. The first-order valence-corrected chi connectivity index (χ1v) is 7.01. The summed E-state index contributed by atoms with van der Waals surface area (Å²) in [5.41, 5.74) is 2.10. The number of benzene rings is 1. The third-order valence-electron chi connectivity index (χ3n) is 3.55. The van der Waals surface area contributed by atoms with Crippen LogP contribution in [0.3, 0.4) is 0 Å². The summed E-state index contributed by atoms with van der Waals surface area (Å²) in [4.78, 5) is 10.7. The fraction of sp³-hybridized carbons (Fsp3) is 0.429. The Morgan fingerprint density at radius 1 is 1.48 bits per heavy atom. The minimum Gasteiger partial charge on any atom is -0.311 e. The zero-order valence-corrected chi connectivity index (χ0v) is 11.8. The molecule has 3 rings (SSSR count). The van der Waals surface area contributed by atoms with Crippen molar-refractivity contribution in [2.24, 2.45) is 5.92 Å². The van der Waals surface area contributed by atoms with E-state index in [1.165, 1.54) is 17.5 Å². The molecule has 7 heteroatoms. The van der Waals surface area contributed by atoms with Gasteiger partial charge in [-0.3, -0.25) is 10.1 Å². The molecule has 0 radical (unpaired) electrons. The smallest absolute Gasteiger partial charge is 0.295 e. The maximum Gasteiger partial charge on any atom is 0.295 e. The number of rotatable bonds is 6. The second-order valence-corrected chi connectivity index (χ2v) is 5.48. The number of hydrogen-bond donors (Lipinski definition) is 1. The molecule has 0 saturated heterocycles. The Morgan fingerprint density at radius 2 is 2.29 bits per heavy atom. The van der Waals surface area contributed by atoms with E-state index in [1.807, 2.05) is 13.0 Å². The van der Waals surface area contributed by atoms with E-state index in [4.69, 9.17) is 0 Å². The van der Waals surface area contributed by atoms with Crippen molar-refractivity contribution in [3.63, 3.8) is 0 Å². The predicted octanol–water partition coefficient (Wildman–Crippen LogP) is 1.98. The second-order valence-electron chi connectivity index (χ2n) is 5.48. The summed E-state index contributed by atoms with van der Waals surface area (Å²) in [6.45, 7) is 3.46. The molecular weight excluding hydrogens is 270 g/mol. The molecule has 7 nitrogen and oxygen atoms in total. The first kappa shape index (κ1) is 13.7. The third-order valence-corrected chi connectivity index (χ3v) is 3.55. The lowest BCUT2D eigenvalue weighted by Gasteiger charge is -2.02. The van der Waals surface area contributed by atoms with Crippen molar-refractivity contribution in [2.75, 3.05) is 6.54 Å². The van der Waals surface area contributed by atoms with Crippen LogP contribution in [0.25, 0.3) is 5.69 Å². The van der Waals surface area contributed by atoms with Gasteiger partial charge in [-0.05, 0) is 43.9 Å². The van der Waals surface area contributed by atoms with Crippen LogP contribution in [0.15, 0.2) is 24.4 Å². The number of aromatic nitrogens is 3. The zero-order chi connectivity index (χ0) is 14.8. The molecule has 0 atom stereocenters. The maximum atomic E-state index is 11.1. The summed E-state index contributed by atoms with van der Waals surface area (Å²) in [5, 5.41) is 22.5. The average molecular weight is 287 g/mol. The van der Waals surface area contributed by atoms with E-state index in [-0.39, 0.29) is 5.69 Å². The Labute approximate surface area is 122 Å². The lowest BCUT2D eigenvalue weighted by atomic mass is 10.2. The summed E-state index contributed by atoms with van der Waals surface area (Å²) in [5.74, 6) is 0.804. The van der Waals surface area contributed by atoms with Crippen LogP contribution < -0.4 is 5.32 Å². The van der Waals surface area contributed by atoms with Crippen molar-refractivity contribution in [3.05, 3.63) is 45.8 Å². The van der Waals surface area contributed by atoms with E-state index in [0.717, 1.165) is 23.7 Å². The molecule has 0 bridgehead atoms. The minimum atomic E-state index is -0.394. The second kappa shape index (κ2) is 5.61. The topological polar surface area (TPSA) is 85.9 Å². The van der Waals surface area contributed by atoms with Crippen molar-refractivity contribution < 1.29 is 4.92 Å². The lowest BCUT2D eigenvalue weighted by Crippen LogP contribution is -2.16. The SMILES string of the molecule is Cc1ccc(-n2cc(CNCC3CC3)nn2)c([N+](=O)[O-])c1. The Kier molecular flexibility index (Phi) is 3.66. The molecule has 1 aromatic heterocycles. The van der Waals surface area contributed by atoms with Crippen molar-refractivity contribution in [1.82, 2.24) is 20.3 Å². The highest BCUT2D eigenvalue weighted by molar-refractivity contribution is 5.53. The molecule has 0 aliphatic heterocycles. The Balaban J connectivity index is 1.77. The first-order chi connectivity index (χ1) is 10.1. The molecule has 0 spiro atoms. The molecule has 1 aromatic carbocycles. The Bertz CT molecular complexity index is 663. The Morgan fingerprint density at radius 3 is 3.00 bits per heavy atom. The molecule has 1 fully saturated rings. The van der Waals surface area contributed by atoms with Gasteiger partial charge in [0.2, 0.25) is 0 Å². The first-order valence-electron chi connectivity index (χ1n) is 7.01. The molecule has 1 aliphatic carbocycles. The predicted molar refractivity (Wildman–Crippen MR) is 77.2 cm³/mol. The zero-order valence-electron chi connectivity index (χ0n) is 11.8. The fourth-order valence-electron chi connectivity index (χ4n) is 2.20. The van der Waals surface area contributed by atoms with Crippen LogP contribution >= 0.6 is 0 Å². The number of nitrogens with one attached hydrogen (secondary N) is 1. The van der Waals surface area contributed by atoms with Gasteiger partial charge in [0, 0.05) is 12.6 Å². The van der Waals surface area contributed by atoms with Gasteiger partial charge in [0.1, 0.15) is 5.69 Å². The van der Waals surface area contributed by atoms with Gasteiger partial charge in [-0.25, -0.2) is 4.68 Å². The van der Waals surface area contributed by atoms with Crippen molar-refractivity contribution >= 4 is 5.69 Å². The molecule has 110 valence electrons. The van der Waals surface area contributed by atoms with E-state index >= 15 is 0 Å². The van der Waals surface area contributed by atoms with Crippen LogP contribution in [0.1, 0.15) is 24.1 Å². The lowest BCUT2D eigenvalue weighted by molar-refractivity contribution is -0.384. The summed E-state index contributed by atoms with van der Waals surface area (Å²) in [6, 6.07) is 5.07. The molecule has 1 aliphatic rings. The van der Waals surface area contributed by atoms with Crippen LogP contribution in [0.5, 0.6) is 0 Å². The van der Waals surface area contributed by atoms with Gasteiger partial charge in [0.15, 0.2) is 0 Å². The summed E-state index contributed by atoms with van der Waals surface area (Å²) in [7, 11) is 0. The number of nitrogens with zero attached hydrogens (tertiary/aromatic N) is 4. The minimum absolute atomic E-state index is 0.0392. The monoisotopic (exact) mass is 287 g/mol. The molecule has 0 unspecified atom stereocenters. The number of hydrogen-bond acceptors (Lipinski definition) is 5. The molecule has 1 heterocycles. The van der Waals surface area contributed by atoms with Crippen LogP contribution in [0.2, 0.25) is 0 Å². The van der Waals surface area contributed by atoms with E-state index in [9.17, 15) is 10.1 Å². The van der Waals surface area contributed by atoms with Crippen LogP contribution in [0.4, 0.5) is 5.69 Å². The van der Waals surface area contributed by atoms with Crippen molar-refractivity contribution in [1.29, 1.82) is 0 Å². The molecule has 0 amide bonds. The summed E-state index contributed by atoms with van der Waals surface area (Å²) >= 11 is 0. The van der Waals surface area contributed by atoms with Crippen molar-refractivity contribution in [2.45, 2.75) is 26.3 Å². The third kappa shape index (κ3) is 3.25. The van der Waals surface area contributed by atoms with Crippen LogP contribution in [-0.2, 0) is 6.54 Å². The van der Waals surface area contributed by atoms with E-state index in [1.54, 1.807) is 18.3 Å². The van der Waals surface area contributed by atoms with Crippen molar-refractivity contribution in [3.8, 4) is 5.69 Å². The highest BCUT2D eigenvalue weighted by Crippen LogP contribution is 2.27. The molecule has 1 saturated carbocycles. The van der Waals surface area contributed by atoms with E-state index in [2.05, 4.69) is 15.6 Å². The van der Waals surface area contributed by atoms with E-state index < -0.39 is 4.92 Å². The normalized spacial score (nSPS) is 14.3. The largest absolute Gasteiger partial charge is 0.311 e. The molecule has 2 aromatic rings. The Hall–Kier alpha value is -2.28. The summed E-state index contributed by atoms with van der Waals surface area (Å²) < 4.78 is 1.46. The maximum absolute atomic E-state index is 11.1. The van der Waals surface area contributed by atoms with Gasteiger partial charge in [0.25, 0.3) is 5.69 Å². The molecule has 1 N–H and O–H groups in total. The average Bonchev–Trinajstić information content (AvgIpc) is 3.16. The van der Waals surface area contributed by atoms with Gasteiger partial charge in [-0.1, -0.05) is 11.3 Å². The fourth-order valence-corrected chi connectivity index (χ4v) is 2.20. The highest BCUT2D eigenvalue weighted by atomic mass is 16.6. The van der Waals surface area contributed by atoms with Crippen LogP contribution in [-0.4, -0.2) is 26.5 Å². The number of nitro benzene ring substituents is 1. The molecule has 21 heavy (non-hydrogen) atoms. The quantitative estimate of drug-likeness (QED) is 0.648. The van der Waals surface area contributed by atoms with Gasteiger partial charge in [-0.15, -0.1) is 5.10 Å². The number of aryl methyl sites for hydroxylation is 1. The number of nitro groups is 1. The van der Waals surface area contributed by atoms with Gasteiger partial charge in [-0.2, -0.15) is 0 Å². The van der Waals surface area contributed by atoms with Gasteiger partial charge >= 0.3 is 0 Å². The van der Waals surface area contributed by atoms with Gasteiger partial charge in [0.05, 0.1) is 16.8 Å². The van der Waals surface area contributed by atoms with E-state index in [0.29, 0.717) is 12.2 Å². The van der Waals surface area contributed by atoms with Crippen LogP contribution in [0, 0.1) is 23.0 Å². The summed E-state index contributed by atoms with van der Waals surface area (Å²) in [6.07, 6.45) is 4.34. The van der Waals surface area contributed by atoms with Gasteiger partial charge < -0.3 is 5.32 Å². The standard InChI is InChI=1S/C14H17N5O2/c1-10-2-5-13(14(6-10)19(20)21)18-9-12(16-17-18)8-15-7-11-3-4-11/h2,5-6,9,11,15H,3-4,7-8H2,1H3.